The van der Waals surface area contributed by atoms with Crippen molar-refractivity contribution in [2.45, 2.75) is 17.7 Å². The van der Waals surface area contributed by atoms with E-state index in [1.165, 1.54) is 0 Å². The van der Waals surface area contributed by atoms with Crippen molar-refractivity contribution >= 4 is 33.2 Å². The molecular formula is C9H11BrN2OS. The minimum Gasteiger partial charge on any atom is -0.341 e. The van der Waals surface area contributed by atoms with Crippen LogP contribution in [0.25, 0.3) is 0 Å². The zero-order chi connectivity index (χ0) is 9.97. The second-order valence-electron chi connectivity index (χ2n) is 3.31. The van der Waals surface area contributed by atoms with Gasteiger partial charge in [0.25, 0.3) is 0 Å². The van der Waals surface area contributed by atoms with Crippen LogP contribution in [0.5, 0.6) is 0 Å². The maximum absolute atomic E-state index is 11.5. The molecule has 14 heavy (non-hydrogen) atoms. The highest BCUT2D eigenvalue weighted by Gasteiger charge is 2.28. The van der Waals surface area contributed by atoms with Gasteiger partial charge in [-0.05, 0) is 6.42 Å². The third-order valence-corrected chi connectivity index (χ3v) is 3.84. The average molecular weight is 275 g/mol. The first kappa shape index (κ1) is 10.1. The Kier molecular flexibility index (Phi) is 3.18. The van der Waals surface area contributed by atoms with Gasteiger partial charge in [0.15, 0.2) is 0 Å². The molecule has 0 bridgehead atoms. The van der Waals surface area contributed by atoms with E-state index in [0.717, 1.165) is 31.6 Å². The van der Waals surface area contributed by atoms with E-state index in [4.69, 9.17) is 0 Å². The molecule has 0 saturated carbocycles. The van der Waals surface area contributed by atoms with Gasteiger partial charge < -0.3 is 4.90 Å². The molecule has 1 aliphatic rings. The summed E-state index contributed by atoms with van der Waals surface area (Å²) in [4.78, 5) is 17.7. The number of carbonyl (C=O) groups excluding carboxylic acids is 1. The lowest BCUT2D eigenvalue weighted by Crippen LogP contribution is -2.29. The molecule has 1 aromatic heterocycles. The predicted octanol–water partition coefficient (Wildman–Crippen LogP) is 1.68. The molecule has 1 aliphatic heterocycles. The molecule has 5 heteroatoms. The van der Waals surface area contributed by atoms with Gasteiger partial charge in [-0.2, -0.15) is 0 Å². The van der Waals surface area contributed by atoms with Gasteiger partial charge in [0.1, 0.15) is 0 Å². The number of amides is 1. The van der Waals surface area contributed by atoms with Crippen LogP contribution in [0.3, 0.4) is 0 Å². The zero-order valence-corrected chi connectivity index (χ0v) is 10.1. The summed E-state index contributed by atoms with van der Waals surface area (Å²) in [5.74, 6) is 0.222. The lowest BCUT2D eigenvalue weighted by molar-refractivity contribution is -0.127. The third kappa shape index (κ3) is 2.15. The fraction of sp³-hybridized carbons (Fsp3) is 0.556. The molecule has 0 N–H and O–H groups in total. The van der Waals surface area contributed by atoms with Crippen molar-refractivity contribution in [1.29, 1.82) is 0 Å². The standard InChI is InChI=1S/C9H11BrN2OS/c10-8-2-4-12(9(8)13)3-1-7-5-14-6-11-7/h5-6,8H,1-4H2. The minimum absolute atomic E-state index is 0.0398. The van der Waals surface area contributed by atoms with Crippen LogP contribution in [0.1, 0.15) is 12.1 Å². The van der Waals surface area contributed by atoms with Gasteiger partial charge >= 0.3 is 0 Å². The van der Waals surface area contributed by atoms with Crippen LogP contribution in [-0.2, 0) is 11.2 Å². The normalized spacial score (nSPS) is 21.9. The van der Waals surface area contributed by atoms with Crippen molar-refractivity contribution in [3.05, 3.63) is 16.6 Å². The number of carbonyl (C=O) groups is 1. The summed E-state index contributed by atoms with van der Waals surface area (Å²) in [6.45, 7) is 1.67. The highest BCUT2D eigenvalue weighted by atomic mass is 79.9. The molecular weight excluding hydrogens is 264 g/mol. The molecule has 0 aliphatic carbocycles. The summed E-state index contributed by atoms with van der Waals surface area (Å²) in [6, 6.07) is 0. The quantitative estimate of drug-likeness (QED) is 0.786. The third-order valence-electron chi connectivity index (χ3n) is 2.35. The van der Waals surface area contributed by atoms with Crippen LogP contribution < -0.4 is 0 Å². The van der Waals surface area contributed by atoms with E-state index >= 15 is 0 Å². The predicted molar refractivity (Wildman–Crippen MR) is 59.7 cm³/mol. The molecule has 0 aromatic carbocycles. The molecule has 3 nitrogen and oxygen atoms in total. The van der Waals surface area contributed by atoms with Crippen molar-refractivity contribution in [1.82, 2.24) is 9.88 Å². The average Bonchev–Trinajstić information content (AvgIpc) is 2.77. The molecule has 1 unspecified atom stereocenters. The first-order chi connectivity index (χ1) is 6.77. The van der Waals surface area contributed by atoms with Crippen molar-refractivity contribution in [3.8, 4) is 0 Å². The number of aromatic nitrogens is 1. The maximum atomic E-state index is 11.5. The molecule has 1 aromatic rings. The maximum Gasteiger partial charge on any atom is 0.236 e. The number of hydrogen-bond acceptors (Lipinski definition) is 3. The van der Waals surface area contributed by atoms with Crippen LogP contribution in [-0.4, -0.2) is 33.7 Å². The summed E-state index contributed by atoms with van der Waals surface area (Å²) in [5, 5.41) is 2.03. The molecule has 76 valence electrons. The van der Waals surface area contributed by atoms with Crippen molar-refractivity contribution in [2.75, 3.05) is 13.1 Å². The second-order valence-corrected chi connectivity index (χ2v) is 5.14. The zero-order valence-electron chi connectivity index (χ0n) is 7.65. The van der Waals surface area contributed by atoms with Gasteiger partial charge in [-0.3, -0.25) is 4.79 Å². The molecule has 1 fully saturated rings. The number of thiazole rings is 1. The van der Waals surface area contributed by atoms with Gasteiger partial charge in [-0.15, -0.1) is 11.3 Å². The first-order valence-electron chi connectivity index (χ1n) is 4.57. The number of nitrogens with zero attached hydrogens (tertiary/aromatic N) is 2. The van der Waals surface area contributed by atoms with E-state index in [-0.39, 0.29) is 10.7 Å². The lowest BCUT2D eigenvalue weighted by atomic mass is 10.3. The van der Waals surface area contributed by atoms with E-state index in [1.807, 2.05) is 15.8 Å². The molecule has 0 spiro atoms. The summed E-state index contributed by atoms with van der Waals surface area (Å²) in [7, 11) is 0. The van der Waals surface area contributed by atoms with Crippen molar-refractivity contribution < 1.29 is 4.79 Å². The van der Waals surface area contributed by atoms with Crippen LogP contribution in [0.2, 0.25) is 0 Å². The van der Waals surface area contributed by atoms with E-state index in [2.05, 4.69) is 20.9 Å². The van der Waals surface area contributed by atoms with Gasteiger partial charge in [-0.1, -0.05) is 15.9 Å². The Morgan fingerprint density at radius 2 is 2.57 bits per heavy atom. The Balaban J connectivity index is 1.84. The van der Waals surface area contributed by atoms with Crippen molar-refractivity contribution in [2.24, 2.45) is 0 Å². The second kappa shape index (κ2) is 4.40. The van der Waals surface area contributed by atoms with Crippen LogP contribution in [0.15, 0.2) is 10.9 Å². The molecule has 0 radical (unpaired) electrons. The summed E-state index contributed by atoms with van der Waals surface area (Å²) < 4.78 is 0. The highest BCUT2D eigenvalue weighted by Crippen LogP contribution is 2.18. The monoisotopic (exact) mass is 274 g/mol. The topological polar surface area (TPSA) is 33.2 Å². The fourth-order valence-electron chi connectivity index (χ4n) is 1.53. The Morgan fingerprint density at radius 1 is 1.71 bits per heavy atom. The van der Waals surface area contributed by atoms with Gasteiger partial charge in [-0.25, -0.2) is 4.98 Å². The van der Waals surface area contributed by atoms with Crippen LogP contribution in [0.4, 0.5) is 0 Å². The summed E-state index contributed by atoms with van der Waals surface area (Å²) in [6.07, 6.45) is 1.80. The summed E-state index contributed by atoms with van der Waals surface area (Å²) in [5.41, 5.74) is 2.91. The minimum atomic E-state index is 0.0398. The number of rotatable bonds is 3. The smallest absolute Gasteiger partial charge is 0.236 e. The van der Waals surface area contributed by atoms with Crippen molar-refractivity contribution in [3.63, 3.8) is 0 Å². The number of likely N-dealkylation sites (tertiary alicyclic amines) is 1. The molecule has 2 heterocycles. The Labute approximate surface area is 95.3 Å². The first-order valence-corrected chi connectivity index (χ1v) is 6.43. The van der Waals surface area contributed by atoms with E-state index in [0.29, 0.717) is 0 Å². The Bertz CT molecular complexity index is 315. The van der Waals surface area contributed by atoms with Crippen LogP contribution >= 0.6 is 27.3 Å². The number of hydrogen-bond donors (Lipinski definition) is 0. The van der Waals surface area contributed by atoms with Gasteiger partial charge in [0.05, 0.1) is 16.0 Å². The van der Waals surface area contributed by atoms with E-state index in [1.54, 1.807) is 11.3 Å². The largest absolute Gasteiger partial charge is 0.341 e. The van der Waals surface area contributed by atoms with E-state index in [9.17, 15) is 4.79 Å². The molecule has 1 amide bonds. The molecule has 2 rings (SSSR count). The highest BCUT2D eigenvalue weighted by molar-refractivity contribution is 9.10. The molecule has 1 atom stereocenters. The van der Waals surface area contributed by atoms with E-state index < -0.39 is 0 Å². The molecule has 1 saturated heterocycles. The fourth-order valence-corrected chi connectivity index (χ4v) is 2.62. The lowest BCUT2D eigenvalue weighted by Gasteiger charge is -2.14. The van der Waals surface area contributed by atoms with Gasteiger partial charge in [0, 0.05) is 24.9 Å². The summed E-state index contributed by atoms with van der Waals surface area (Å²) >= 11 is 4.96. The van der Waals surface area contributed by atoms with Gasteiger partial charge in [0.2, 0.25) is 5.91 Å². The van der Waals surface area contributed by atoms with Crippen LogP contribution in [0, 0.1) is 0 Å². The SMILES string of the molecule is O=C1C(Br)CCN1CCc1cscn1. The number of alkyl halides is 1. The Morgan fingerprint density at radius 3 is 3.14 bits per heavy atom. The number of halogens is 1. The Hall–Kier alpha value is -0.420.